The van der Waals surface area contributed by atoms with Crippen molar-refractivity contribution in [3.05, 3.63) is 82.8 Å². The van der Waals surface area contributed by atoms with Gasteiger partial charge in [0.2, 0.25) is 0 Å². The van der Waals surface area contributed by atoms with Crippen molar-refractivity contribution in [1.29, 1.82) is 0 Å². The van der Waals surface area contributed by atoms with Crippen LogP contribution in [-0.4, -0.2) is 54.0 Å². The number of hydrogen-bond donors (Lipinski definition) is 3. The van der Waals surface area contributed by atoms with Crippen LogP contribution in [0.3, 0.4) is 0 Å². The Kier molecular flexibility index (Phi) is 6.52. The Morgan fingerprint density at radius 3 is 2.67 bits per heavy atom. The third kappa shape index (κ3) is 4.76. The van der Waals surface area contributed by atoms with Crippen LogP contribution in [0.4, 0.5) is 10.9 Å². The summed E-state index contributed by atoms with van der Waals surface area (Å²) < 4.78 is 2.98. The van der Waals surface area contributed by atoms with Gasteiger partial charge in [0.15, 0.2) is 10.8 Å². The number of fused-ring (bicyclic) bond motifs is 2. The number of carbonyl (C=O) groups excluding carboxylic acids is 1. The summed E-state index contributed by atoms with van der Waals surface area (Å²) in [5.74, 6) is -0.299. The topological polar surface area (TPSA) is 157 Å². The standard InChI is InChI=1S/C40H39N6O5S/c1-22-26(14-41-46(22)21-39-17-37(2)16-38(13-31(38)39)19-40(51,18-37)20-39)24-8-10-32(43-33(24)35(49)50)45-12-11-23-27(15-45)25(7-9-29(23)47)34(48)44-36-42-28-5-3-4-6-30(28)52-36/h3-10,14,31,47H,11-13,15-21H2,1-2H3,(H,49,50)(H,42,44,48)/q-1. The summed E-state index contributed by atoms with van der Waals surface area (Å²) >= 11 is 1.39. The highest BCUT2D eigenvalue weighted by atomic mass is 32.1. The highest BCUT2D eigenvalue weighted by Crippen LogP contribution is 2.83. The number of aromatic hydroxyl groups is 1. The Morgan fingerprint density at radius 1 is 1.02 bits per heavy atom. The number of aromatic carboxylic acids is 1. The molecular formula is C40H39N6O5S-. The molecule has 4 bridgehead atoms. The zero-order valence-electron chi connectivity index (χ0n) is 29.1. The van der Waals surface area contributed by atoms with Gasteiger partial charge in [0.25, 0.3) is 5.91 Å². The predicted molar refractivity (Wildman–Crippen MR) is 194 cm³/mol. The van der Waals surface area contributed by atoms with Gasteiger partial charge in [0.1, 0.15) is 11.6 Å². The number of rotatable bonds is 7. The Morgan fingerprint density at radius 2 is 1.87 bits per heavy atom. The molecule has 5 atom stereocenters. The number of nitrogens with one attached hydrogen (secondary N) is 1. The van der Waals surface area contributed by atoms with Crippen LogP contribution in [0, 0.1) is 29.1 Å². The van der Waals surface area contributed by atoms with E-state index >= 15 is 0 Å². The fourth-order valence-corrected chi connectivity index (χ4v) is 12.5. The molecule has 5 fully saturated rings. The summed E-state index contributed by atoms with van der Waals surface area (Å²) in [5, 5.41) is 43.3. The molecule has 0 radical (unpaired) electrons. The zero-order valence-corrected chi connectivity index (χ0v) is 29.9. The highest BCUT2D eigenvalue weighted by Gasteiger charge is 2.75. The largest absolute Gasteiger partial charge is 0.849 e. The van der Waals surface area contributed by atoms with Gasteiger partial charge in [-0.15, -0.1) is 5.60 Å². The number of nitrogens with zero attached hydrogens (tertiary/aromatic N) is 5. The van der Waals surface area contributed by atoms with Crippen LogP contribution in [0.15, 0.2) is 54.7 Å². The number of phenolic OH excluding ortho intramolecular Hbond substituents is 1. The maximum Gasteiger partial charge on any atom is 0.355 e. The van der Waals surface area contributed by atoms with Crippen molar-refractivity contribution >= 4 is 44.4 Å². The van der Waals surface area contributed by atoms with E-state index in [1.807, 2.05) is 46.8 Å². The smallest absolute Gasteiger partial charge is 0.355 e. The molecule has 5 aromatic rings. The van der Waals surface area contributed by atoms with Crippen molar-refractivity contribution in [1.82, 2.24) is 19.7 Å². The third-order valence-corrected chi connectivity index (χ3v) is 13.9. The van der Waals surface area contributed by atoms with E-state index in [9.17, 15) is 24.9 Å². The van der Waals surface area contributed by atoms with Crippen molar-refractivity contribution in [2.24, 2.45) is 22.2 Å². The summed E-state index contributed by atoms with van der Waals surface area (Å²) in [6, 6.07) is 14.5. The van der Waals surface area contributed by atoms with Crippen molar-refractivity contribution in [2.75, 3.05) is 16.8 Å². The van der Waals surface area contributed by atoms with Crippen LogP contribution >= 0.6 is 11.3 Å². The van der Waals surface area contributed by atoms with Gasteiger partial charge in [-0.3, -0.25) is 14.8 Å². The number of aromatic nitrogens is 4. The van der Waals surface area contributed by atoms with E-state index in [-0.39, 0.29) is 40.1 Å². The number of carboxylic acid groups (broad SMARTS) is 1. The molecule has 266 valence electrons. The van der Waals surface area contributed by atoms with Crippen LogP contribution in [-0.2, 0) is 19.5 Å². The molecule has 52 heavy (non-hydrogen) atoms. The lowest BCUT2D eigenvalue weighted by Gasteiger charge is -2.69. The number of pyridine rings is 1. The highest BCUT2D eigenvalue weighted by molar-refractivity contribution is 7.22. The van der Waals surface area contributed by atoms with E-state index in [1.165, 1.54) is 17.8 Å². The molecule has 0 saturated heterocycles. The number of hydrogen-bond acceptors (Lipinski definition) is 9. The number of phenols is 1. The first-order chi connectivity index (χ1) is 24.9. The predicted octanol–water partition coefficient (Wildman–Crippen LogP) is 6.17. The van der Waals surface area contributed by atoms with Gasteiger partial charge in [-0.1, -0.05) is 49.7 Å². The van der Waals surface area contributed by atoms with Gasteiger partial charge in [0, 0.05) is 47.6 Å². The van der Waals surface area contributed by atoms with E-state index in [2.05, 4.69) is 22.2 Å². The number of anilines is 2. The maximum absolute atomic E-state index is 13.9. The molecule has 5 saturated carbocycles. The van der Waals surface area contributed by atoms with Crippen molar-refractivity contribution in [3.63, 3.8) is 0 Å². The van der Waals surface area contributed by atoms with Crippen LogP contribution < -0.4 is 15.3 Å². The van der Waals surface area contributed by atoms with Crippen LogP contribution in [0.1, 0.15) is 83.1 Å². The number of amides is 1. The van der Waals surface area contributed by atoms with Gasteiger partial charge in [-0.05, 0) is 96.7 Å². The minimum atomic E-state index is -1.14. The van der Waals surface area contributed by atoms with E-state index in [1.54, 1.807) is 24.4 Å². The van der Waals surface area contributed by atoms with Gasteiger partial charge in [0.05, 0.1) is 16.4 Å². The Labute approximate surface area is 304 Å². The summed E-state index contributed by atoms with van der Waals surface area (Å²) in [6.45, 7) is 5.73. The first-order valence-electron chi connectivity index (χ1n) is 18.1. The number of thiazole rings is 1. The molecule has 1 spiro atoms. The molecular weight excluding hydrogens is 677 g/mol. The monoisotopic (exact) mass is 715 g/mol. The van der Waals surface area contributed by atoms with Gasteiger partial charge >= 0.3 is 5.97 Å². The lowest BCUT2D eigenvalue weighted by atomic mass is 9.43. The SMILES string of the molecule is Cc1c(-c2ccc(N3CCc4c(O)ccc(C(=O)Nc5nc6ccccc6s5)c4C3)nc2C(=O)O)cnn1CC12CC3(C)CC([O-])(CC4(CC41)C3)C2. The summed E-state index contributed by atoms with van der Waals surface area (Å²) in [5.41, 5.74) is 4.02. The van der Waals surface area contributed by atoms with E-state index in [0.29, 0.717) is 65.1 Å². The molecule has 3 N–H and O–H groups in total. The molecule has 4 heterocycles. The van der Waals surface area contributed by atoms with Crippen LogP contribution in [0.25, 0.3) is 21.3 Å². The number of carboxylic acids is 1. The molecule has 5 aliphatic carbocycles. The third-order valence-electron chi connectivity index (χ3n) is 13.0. The van der Waals surface area contributed by atoms with Gasteiger partial charge in [-0.25, -0.2) is 14.8 Å². The minimum Gasteiger partial charge on any atom is -0.849 e. The Hall–Kier alpha value is -4.81. The molecule has 1 amide bonds. The quantitative estimate of drug-likeness (QED) is 0.179. The van der Waals surface area contributed by atoms with Gasteiger partial charge in [-0.2, -0.15) is 5.10 Å². The summed E-state index contributed by atoms with van der Waals surface area (Å²) in [7, 11) is 0. The summed E-state index contributed by atoms with van der Waals surface area (Å²) in [4.78, 5) is 37.5. The maximum atomic E-state index is 13.9. The second-order valence-electron chi connectivity index (χ2n) is 16.7. The Bertz CT molecular complexity index is 2300. The molecule has 11 nitrogen and oxygen atoms in total. The normalized spacial score (nSPS) is 29.6. The molecule has 2 aromatic carbocycles. The Balaban J connectivity index is 0.928. The summed E-state index contributed by atoms with van der Waals surface area (Å²) in [6.07, 6.45) is 7.91. The number of carbonyl (C=O) groups is 2. The first-order valence-corrected chi connectivity index (χ1v) is 18.9. The van der Waals surface area contributed by atoms with Crippen molar-refractivity contribution < 1.29 is 24.9 Å². The van der Waals surface area contributed by atoms with Crippen LogP contribution in [0.2, 0.25) is 0 Å². The van der Waals surface area contributed by atoms with E-state index in [4.69, 9.17) is 5.10 Å². The fraction of sp³-hybridized carbons (Fsp3) is 0.425. The second-order valence-corrected chi connectivity index (χ2v) is 17.8. The molecule has 11 rings (SSSR count). The lowest BCUT2D eigenvalue weighted by Crippen LogP contribution is -2.66. The average Bonchev–Trinajstić information content (AvgIpc) is 3.46. The van der Waals surface area contributed by atoms with Crippen molar-refractivity contribution in [2.45, 2.75) is 77.5 Å². The van der Waals surface area contributed by atoms with E-state index in [0.717, 1.165) is 47.2 Å². The number of para-hydroxylation sites is 1. The molecule has 6 aliphatic rings. The molecule has 1 aliphatic heterocycles. The van der Waals surface area contributed by atoms with Crippen LogP contribution in [0.5, 0.6) is 5.75 Å². The molecule has 12 heteroatoms. The second kappa shape index (κ2) is 10.6. The minimum absolute atomic E-state index is 0.0554. The fourth-order valence-electron chi connectivity index (χ4n) is 11.7. The molecule has 3 aromatic heterocycles. The van der Waals surface area contributed by atoms with E-state index < -0.39 is 11.6 Å². The lowest BCUT2D eigenvalue weighted by molar-refractivity contribution is -0.516. The zero-order chi connectivity index (χ0) is 35.8. The molecule has 5 unspecified atom stereocenters. The number of benzene rings is 2. The first kappa shape index (κ1) is 31.9. The van der Waals surface area contributed by atoms with Crippen molar-refractivity contribution in [3.8, 4) is 16.9 Å². The average molecular weight is 716 g/mol. The van der Waals surface area contributed by atoms with Gasteiger partial charge < -0.3 is 20.2 Å².